The smallest absolute Gasteiger partial charge is 0.379 e. The maximum atomic E-state index is 13.6. The van der Waals surface area contributed by atoms with Crippen LogP contribution in [-0.2, 0) is 15.7 Å². The molecule has 194 valence electrons. The summed E-state index contributed by atoms with van der Waals surface area (Å²) < 4.78 is 44.5. The van der Waals surface area contributed by atoms with Gasteiger partial charge in [0.15, 0.2) is 0 Å². The molecule has 0 aromatic heterocycles. The van der Waals surface area contributed by atoms with Crippen LogP contribution < -0.4 is 5.32 Å². The summed E-state index contributed by atoms with van der Waals surface area (Å²) in [5.41, 5.74) is 1.23. The number of ether oxygens (including phenoxy) is 1. The van der Waals surface area contributed by atoms with E-state index in [-0.39, 0.29) is 11.8 Å². The fraction of sp³-hybridized carbons (Fsp3) is 0.462. The van der Waals surface area contributed by atoms with Crippen molar-refractivity contribution in [1.82, 2.24) is 15.1 Å². The first-order chi connectivity index (χ1) is 17.2. The molecular formula is C26H30F3N3O3S. The molecule has 6 nitrogen and oxygen atoms in total. The van der Waals surface area contributed by atoms with E-state index < -0.39 is 23.2 Å². The number of nitrogens with zero attached hydrogens (tertiary/aromatic N) is 2. The van der Waals surface area contributed by atoms with Crippen molar-refractivity contribution in [2.24, 2.45) is 0 Å². The molecule has 2 saturated heterocycles. The summed E-state index contributed by atoms with van der Waals surface area (Å²) >= 11 is 1.38. The zero-order valence-electron chi connectivity index (χ0n) is 20.1. The van der Waals surface area contributed by atoms with Crippen molar-refractivity contribution >= 4 is 23.6 Å². The van der Waals surface area contributed by atoms with Crippen LogP contribution in [0.4, 0.5) is 13.2 Å². The monoisotopic (exact) mass is 521 g/mol. The van der Waals surface area contributed by atoms with Gasteiger partial charge in [-0.1, -0.05) is 29.8 Å². The Labute approximate surface area is 213 Å². The predicted molar refractivity (Wildman–Crippen MR) is 133 cm³/mol. The number of nitrogens with one attached hydrogen (secondary N) is 1. The van der Waals surface area contributed by atoms with E-state index in [1.54, 1.807) is 12.1 Å². The minimum atomic E-state index is -4.44. The summed E-state index contributed by atoms with van der Waals surface area (Å²) in [6.45, 7) is 6.43. The highest BCUT2D eigenvalue weighted by Gasteiger charge is 2.42. The Balaban J connectivity index is 1.48. The second kappa shape index (κ2) is 11.7. The molecule has 36 heavy (non-hydrogen) atoms. The van der Waals surface area contributed by atoms with Crippen LogP contribution in [0.15, 0.2) is 48.5 Å². The number of halogens is 3. The minimum absolute atomic E-state index is 0.251. The highest BCUT2D eigenvalue weighted by Crippen LogP contribution is 2.43. The first kappa shape index (κ1) is 26.5. The molecule has 0 spiro atoms. The lowest BCUT2D eigenvalue weighted by Gasteiger charge is -2.30. The Bertz CT molecular complexity index is 1040. The molecule has 10 heteroatoms. The summed E-state index contributed by atoms with van der Waals surface area (Å²) in [4.78, 5) is 30.5. The van der Waals surface area contributed by atoms with Crippen molar-refractivity contribution in [2.45, 2.75) is 30.9 Å². The molecule has 2 heterocycles. The Kier molecular flexibility index (Phi) is 8.58. The van der Waals surface area contributed by atoms with Gasteiger partial charge in [0.1, 0.15) is 11.4 Å². The Morgan fingerprint density at radius 3 is 2.36 bits per heavy atom. The van der Waals surface area contributed by atoms with Gasteiger partial charge in [-0.05, 0) is 49.7 Å². The van der Waals surface area contributed by atoms with Crippen molar-refractivity contribution < 1.29 is 27.5 Å². The molecule has 2 unspecified atom stereocenters. The fourth-order valence-electron chi connectivity index (χ4n) is 4.35. The van der Waals surface area contributed by atoms with Gasteiger partial charge in [0, 0.05) is 31.0 Å². The molecule has 2 aromatic carbocycles. The average molecular weight is 522 g/mol. The number of amides is 2. The van der Waals surface area contributed by atoms with Gasteiger partial charge in [0.05, 0.1) is 18.8 Å². The molecule has 0 radical (unpaired) electrons. The number of carbonyl (C=O) groups is 2. The van der Waals surface area contributed by atoms with Crippen molar-refractivity contribution in [3.05, 3.63) is 70.8 Å². The second-order valence-electron chi connectivity index (χ2n) is 9.00. The summed E-state index contributed by atoms with van der Waals surface area (Å²) in [6, 6.07) is 11.2. The number of hydrogen-bond acceptors (Lipinski definition) is 5. The number of morpholine rings is 1. The molecule has 1 N–H and O–H groups in total. The topological polar surface area (TPSA) is 61.9 Å². The van der Waals surface area contributed by atoms with E-state index in [2.05, 4.69) is 10.2 Å². The minimum Gasteiger partial charge on any atom is -0.379 e. The van der Waals surface area contributed by atoms with Gasteiger partial charge in [-0.25, -0.2) is 0 Å². The summed E-state index contributed by atoms with van der Waals surface area (Å²) in [5, 5.41) is 2.39. The van der Waals surface area contributed by atoms with Crippen LogP contribution >= 0.6 is 11.8 Å². The Morgan fingerprint density at radius 2 is 1.72 bits per heavy atom. The van der Waals surface area contributed by atoms with Crippen LogP contribution in [-0.4, -0.2) is 72.8 Å². The van der Waals surface area contributed by atoms with Crippen molar-refractivity contribution in [1.29, 1.82) is 0 Å². The molecule has 2 atom stereocenters. The van der Waals surface area contributed by atoms with E-state index in [4.69, 9.17) is 4.74 Å². The molecule has 2 fully saturated rings. The highest BCUT2D eigenvalue weighted by atomic mass is 32.2. The molecule has 2 amide bonds. The van der Waals surface area contributed by atoms with Gasteiger partial charge in [0.25, 0.3) is 5.91 Å². The van der Waals surface area contributed by atoms with E-state index in [0.717, 1.165) is 43.8 Å². The van der Waals surface area contributed by atoms with Gasteiger partial charge in [-0.3, -0.25) is 14.5 Å². The van der Waals surface area contributed by atoms with E-state index in [1.807, 2.05) is 19.1 Å². The Hall–Kier alpha value is -2.56. The van der Waals surface area contributed by atoms with Gasteiger partial charge in [-0.2, -0.15) is 13.2 Å². The fourth-order valence-corrected chi connectivity index (χ4v) is 5.78. The zero-order valence-corrected chi connectivity index (χ0v) is 20.9. The SMILES string of the molecule is Cc1ccc(C(=O)N2C(C(=O)NCCCN3CCOCC3)CSC2c2ccc(C(F)(F)F)cc2)cc1. The molecule has 2 aromatic rings. The van der Waals surface area contributed by atoms with E-state index >= 15 is 0 Å². The number of benzene rings is 2. The largest absolute Gasteiger partial charge is 0.416 e. The predicted octanol–water partition coefficient (Wildman–Crippen LogP) is 4.11. The van der Waals surface area contributed by atoms with E-state index in [1.165, 1.54) is 28.8 Å². The molecule has 0 saturated carbocycles. The summed E-state index contributed by atoms with van der Waals surface area (Å²) in [7, 11) is 0. The van der Waals surface area contributed by atoms with Gasteiger partial charge in [0.2, 0.25) is 5.91 Å². The number of carbonyl (C=O) groups excluding carboxylic acids is 2. The average Bonchev–Trinajstić information content (AvgIpc) is 3.32. The maximum absolute atomic E-state index is 13.6. The molecule has 4 rings (SSSR count). The van der Waals surface area contributed by atoms with E-state index in [9.17, 15) is 22.8 Å². The number of hydrogen-bond donors (Lipinski definition) is 1. The quantitative estimate of drug-likeness (QED) is 0.556. The third-order valence-electron chi connectivity index (χ3n) is 6.41. The first-order valence-electron chi connectivity index (χ1n) is 12.0. The normalized spacial score (nSPS) is 20.9. The van der Waals surface area contributed by atoms with Gasteiger partial charge < -0.3 is 15.0 Å². The van der Waals surface area contributed by atoms with Crippen LogP contribution in [0.5, 0.6) is 0 Å². The van der Waals surface area contributed by atoms with Crippen molar-refractivity contribution in [3.63, 3.8) is 0 Å². The molecule has 2 aliphatic heterocycles. The molecule has 0 aliphatic carbocycles. The maximum Gasteiger partial charge on any atom is 0.416 e. The van der Waals surface area contributed by atoms with Crippen LogP contribution in [0.25, 0.3) is 0 Å². The van der Waals surface area contributed by atoms with Crippen molar-refractivity contribution in [3.8, 4) is 0 Å². The third-order valence-corrected chi connectivity index (χ3v) is 7.74. The zero-order chi connectivity index (χ0) is 25.7. The highest BCUT2D eigenvalue weighted by molar-refractivity contribution is 7.99. The first-order valence-corrected chi connectivity index (χ1v) is 13.0. The van der Waals surface area contributed by atoms with Crippen LogP contribution in [0.3, 0.4) is 0 Å². The van der Waals surface area contributed by atoms with Gasteiger partial charge >= 0.3 is 6.18 Å². The summed E-state index contributed by atoms with van der Waals surface area (Å²) in [6.07, 6.45) is -3.66. The lowest BCUT2D eigenvalue weighted by Crippen LogP contribution is -2.48. The molecule has 2 aliphatic rings. The van der Waals surface area contributed by atoms with E-state index in [0.29, 0.717) is 36.6 Å². The molecule has 0 bridgehead atoms. The number of alkyl halides is 3. The lowest BCUT2D eigenvalue weighted by molar-refractivity contribution is -0.137. The number of rotatable bonds is 7. The van der Waals surface area contributed by atoms with Crippen LogP contribution in [0.1, 0.15) is 38.8 Å². The lowest BCUT2D eigenvalue weighted by atomic mass is 10.1. The number of thioether (sulfide) groups is 1. The molecular weight excluding hydrogens is 491 g/mol. The summed E-state index contributed by atoms with van der Waals surface area (Å²) in [5.74, 6) is -0.212. The van der Waals surface area contributed by atoms with Crippen LogP contribution in [0.2, 0.25) is 0 Å². The third kappa shape index (κ3) is 6.41. The second-order valence-corrected chi connectivity index (χ2v) is 10.1. The van der Waals surface area contributed by atoms with Gasteiger partial charge in [-0.15, -0.1) is 11.8 Å². The van der Waals surface area contributed by atoms with Crippen molar-refractivity contribution in [2.75, 3.05) is 45.1 Å². The number of aryl methyl sites for hydroxylation is 1. The standard InChI is InChI=1S/C26H30F3N3O3S/c1-18-3-5-19(6-4-18)24(34)32-22(23(33)30-11-2-12-31-13-15-35-16-14-31)17-36-25(32)20-7-9-21(10-8-20)26(27,28)29/h3-10,22,25H,2,11-17H2,1H3,(H,30,33). The van der Waals surface area contributed by atoms with Crippen LogP contribution in [0, 0.1) is 6.92 Å². The Morgan fingerprint density at radius 1 is 1.06 bits per heavy atom.